The van der Waals surface area contributed by atoms with Gasteiger partial charge in [0.2, 0.25) is 0 Å². The Hall–Kier alpha value is -2.48. The number of hydrogen-bond donors (Lipinski definition) is 1. The number of hydrogen-bond acceptors (Lipinski definition) is 5. The molecule has 26 heavy (non-hydrogen) atoms. The molecule has 4 rings (SSSR count). The molecule has 0 spiro atoms. The van der Waals surface area contributed by atoms with E-state index in [-0.39, 0.29) is 11.7 Å². The lowest BCUT2D eigenvalue weighted by Crippen LogP contribution is -2.37. The van der Waals surface area contributed by atoms with E-state index in [1.165, 1.54) is 0 Å². The molecule has 3 aromatic rings. The van der Waals surface area contributed by atoms with Crippen LogP contribution in [0.2, 0.25) is 0 Å². The number of nitrogens with zero attached hydrogens (tertiary/aromatic N) is 6. The van der Waals surface area contributed by atoms with E-state index in [1.54, 1.807) is 0 Å². The van der Waals surface area contributed by atoms with E-state index in [0.29, 0.717) is 0 Å². The number of tetrazole rings is 1. The number of aromatic nitrogens is 6. The molecule has 0 unspecified atom stereocenters. The molecule has 1 aliphatic rings. The van der Waals surface area contributed by atoms with Gasteiger partial charge in [-0.3, -0.25) is 9.47 Å². The van der Waals surface area contributed by atoms with Gasteiger partial charge in [-0.1, -0.05) is 25.5 Å². The largest absolute Gasteiger partial charge is 0.326 e. The predicted octanol–water partition coefficient (Wildman–Crippen LogP) is 1.95. The summed E-state index contributed by atoms with van der Waals surface area (Å²) in [5.74, 6) is 0.932. The van der Waals surface area contributed by atoms with Gasteiger partial charge in [0, 0.05) is 25.7 Å². The third-order valence-corrected chi connectivity index (χ3v) is 5.24. The highest BCUT2D eigenvalue weighted by atomic mass is 16.1. The van der Waals surface area contributed by atoms with Crippen LogP contribution in [-0.4, -0.2) is 47.7 Å². The van der Waals surface area contributed by atoms with E-state index >= 15 is 0 Å². The van der Waals surface area contributed by atoms with Crippen molar-refractivity contribution < 1.29 is 0 Å². The summed E-state index contributed by atoms with van der Waals surface area (Å²) in [7, 11) is 0. The van der Waals surface area contributed by atoms with E-state index < -0.39 is 0 Å². The molecule has 2 aromatic heterocycles. The van der Waals surface area contributed by atoms with Gasteiger partial charge in [-0.25, -0.2) is 9.48 Å². The maximum atomic E-state index is 12.4. The third kappa shape index (κ3) is 3.29. The van der Waals surface area contributed by atoms with Crippen molar-refractivity contribution >= 4 is 11.0 Å². The SMILES string of the molecule is CCCCn1nnnc1CN1CCC(n2c(=O)[nH]c3ccccc32)CC1. The summed E-state index contributed by atoms with van der Waals surface area (Å²) < 4.78 is 3.84. The number of rotatable bonds is 6. The van der Waals surface area contributed by atoms with Crippen LogP contribution in [0.25, 0.3) is 11.0 Å². The number of unbranched alkanes of at least 4 members (excludes halogenated alkanes) is 1. The summed E-state index contributed by atoms with van der Waals surface area (Å²) in [5, 5.41) is 12.1. The summed E-state index contributed by atoms with van der Waals surface area (Å²) in [6, 6.07) is 8.15. The molecule has 0 saturated carbocycles. The zero-order chi connectivity index (χ0) is 17.9. The Kier molecular flexibility index (Phi) is 4.83. The number of H-pyrrole nitrogens is 1. The summed E-state index contributed by atoms with van der Waals surface area (Å²) in [5.41, 5.74) is 1.91. The molecule has 1 saturated heterocycles. The van der Waals surface area contributed by atoms with Crippen molar-refractivity contribution in [3.8, 4) is 0 Å². The smallest absolute Gasteiger partial charge is 0.306 e. The molecule has 0 amide bonds. The molecular weight excluding hydrogens is 330 g/mol. The van der Waals surface area contributed by atoms with Crippen molar-refractivity contribution in [3.63, 3.8) is 0 Å². The minimum absolute atomic E-state index is 0.00633. The van der Waals surface area contributed by atoms with Crippen LogP contribution >= 0.6 is 0 Å². The first-order valence-corrected chi connectivity index (χ1v) is 9.43. The van der Waals surface area contributed by atoms with E-state index in [4.69, 9.17) is 0 Å². The molecule has 1 aliphatic heterocycles. The highest BCUT2D eigenvalue weighted by molar-refractivity contribution is 5.75. The summed E-state index contributed by atoms with van der Waals surface area (Å²) in [6.07, 6.45) is 4.13. The van der Waals surface area contributed by atoms with Crippen LogP contribution in [0.4, 0.5) is 0 Å². The zero-order valence-corrected chi connectivity index (χ0v) is 15.1. The third-order valence-electron chi connectivity index (χ3n) is 5.24. The molecule has 0 radical (unpaired) electrons. The van der Waals surface area contributed by atoms with Gasteiger partial charge < -0.3 is 4.98 Å². The number of para-hydroxylation sites is 2. The van der Waals surface area contributed by atoms with Crippen LogP contribution in [0.15, 0.2) is 29.1 Å². The Morgan fingerprint density at radius 3 is 2.85 bits per heavy atom. The quantitative estimate of drug-likeness (QED) is 0.730. The molecule has 0 atom stereocenters. The minimum Gasteiger partial charge on any atom is -0.306 e. The standard InChI is InChI=1S/C18H25N7O/c1-2-3-10-24-17(20-21-22-24)13-23-11-8-14(9-12-23)25-16-7-5-4-6-15(16)19-18(25)26/h4-7,14H,2-3,8-13H2,1H3,(H,19,26). The van der Waals surface area contributed by atoms with Crippen molar-refractivity contribution in [1.29, 1.82) is 0 Å². The van der Waals surface area contributed by atoms with Crippen molar-refractivity contribution in [2.75, 3.05) is 13.1 Å². The number of piperidine rings is 1. The Morgan fingerprint density at radius 2 is 2.04 bits per heavy atom. The maximum Gasteiger partial charge on any atom is 0.326 e. The highest BCUT2D eigenvalue weighted by Crippen LogP contribution is 2.25. The average Bonchev–Trinajstić information content (AvgIpc) is 3.23. The van der Waals surface area contributed by atoms with Crippen LogP contribution in [-0.2, 0) is 13.1 Å². The Morgan fingerprint density at radius 1 is 1.23 bits per heavy atom. The monoisotopic (exact) mass is 355 g/mol. The number of imidazole rings is 1. The summed E-state index contributed by atoms with van der Waals surface area (Å²) in [4.78, 5) is 17.7. The van der Waals surface area contributed by atoms with Crippen LogP contribution < -0.4 is 5.69 Å². The van der Waals surface area contributed by atoms with Crippen LogP contribution in [0.1, 0.15) is 44.5 Å². The Labute approximate surface area is 151 Å². The van der Waals surface area contributed by atoms with E-state index in [0.717, 1.165) is 68.7 Å². The van der Waals surface area contributed by atoms with Crippen molar-refractivity contribution in [2.45, 2.75) is 51.7 Å². The maximum absolute atomic E-state index is 12.4. The molecule has 138 valence electrons. The minimum atomic E-state index is -0.00633. The normalized spacial score (nSPS) is 16.5. The molecule has 1 fully saturated rings. The number of benzene rings is 1. The predicted molar refractivity (Wildman–Crippen MR) is 98.8 cm³/mol. The zero-order valence-electron chi connectivity index (χ0n) is 15.1. The first-order chi connectivity index (χ1) is 12.8. The van der Waals surface area contributed by atoms with Crippen LogP contribution in [0.3, 0.4) is 0 Å². The summed E-state index contributed by atoms with van der Waals surface area (Å²) >= 11 is 0. The van der Waals surface area contributed by atoms with Crippen molar-refractivity contribution in [1.82, 2.24) is 34.7 Å². The topological polar surface area (TPSA) is 84.6 Å². The highest BCUT2D eigenvalue weighted by Gasteiger charge is 2.24. The van der Waals surface area contributed by atoms with Gasteiger partial charge in [-0.05, 0) is 41.8 Å². The lowest BCUT2D eigenvalue weighted by molar-refractivity contribution is 0.173. The second kappa shape index (κ2) is 7.41. The molecule has 1 N–H and O–H groups in total. The lowest BCUT2D eigenvalue weighted by Gasteiger charge is -2.32. The first kappa shape index (κ1) is 17.0. The second-order valence-electron chi connectivity index (χ2n) is 7.00. The number of fused-ring (bicyclic) bond motifs is 1. The van der Waals surface area contributed by atoms with Crippen molar-refractivity contribution in [2.24, 2.45) is 0 Å². The fraction of sp³-hybridized carbons (Fsp3) is 0.556. The number of likely N-dealkylation sites (tertiary alicyclic amines) is 1. The van der Waals surface area contributed by atoms with Gasteiger partial charge in [-0.2, -0.15) is 0 Å². The Balaban J connectivity index is 1.42. The van der Waals surface area contributed by atoms with Gasteiger partial charge in [0.25, 0.3) is 0 Å². The number of aryl methyl sites for hydroxylation is 1. The average molecular weight is 355 g/mol. The molecule has 8 heteroatoms. The number of nitrogens with one attached hydrogen (secondary N) is 1. The van der Waals surface area contributed by atoms with E-state index in [2.05, 4.69) is 32.3 Å². The van der Waals surface area contributed by atoms with Gasteiger partial charge >= 0.3 is 5.69 Å². The molecule has 0 aliphatic carbocycles. The fourth-order valence-corrected chi connectivity index (χ4v) is 3.79. The number of aromatic amines is 1. The molecule has 8 nitrogen and oxygen atoms in total. The van der Waals surface area contributed by atoms with Crippen molar-refractivity contribution in [3.05, 3.63) is 40.6 Å². The molecule has 3 heterocycles. The molecular formula is C18H25N7O. The fourth-order valence-electron chi connectivity index (χ4n) is 3.79. The van der Waals surface area contributed by atoms with Gasteiger partial charge in [0.05, 0.1) is 17.6 Å². The van der Waals surface area contributed by atoms with Gasteiger partial charge in [0.1, 0.15) is 0 Å². The Bertz CT molecular complexity index is 917. The van der Waals surface area contributed by atoms with Crippen LogP contribution in [0, 0.1) is 0 Å². The molecule has 0 bridgehead atoms. The summed E-state index contributed by atoms with van der Waals surface area (Å²) in [6.45, 7) is 5.70. The van der Waals surface area contributed by atoms with Gasteiger partial charge in [-0.15, -0.1) is 5.10 Å². The van der Waals surface area contributed by atoms with E-state index in [9.17, 15) is 4.79 Å². The van der Waals surface area contributed by atoms with Crippen LogP contribution in [0.5, 0.6) is 0 Å². The van der Waals surface area contributed by atoms with Gasteiger partial charge in [0.15, 0.2) is 5.82 Å². The second-order valence-corrected chi connectivity index (χ2v) is 7.00. The lowest BCUT2D eigenvalue weighted by atomic mass is 10.0. The van der Waals surface area contributed by atoms with E-state index in [1.807, 2.05) is 33.5 Å². The molecule has 1 aromatic carbocycles. The first-order valence-electron chi connectivity index (χ1n) is 9.43.